The molecule has 0 unspecified atom stereocenters. The van der Waals surface area contributed by atoms with Crippen LogP contribution >= 0.6 is 0 Å². The van der Waals surface area contributed by atoms with Gasteiger partial charge >= 0.3 is 0 Å². The van der Waals surface area contributed by atoms with E-state index in [2.05, 4.69) is 32.7 Å². The number of carbonyl (C=O) groups is 1. The largest absolute Gasteiger partial charge is 0.349 e. The molecule has 6 nitrogen and oxygen atoms in total. The predicted octanol–water partition coefficient (Wildman–Crippen LogP) is 3.82. The van der Waals surface area contributed by atoms with Gasteiger partial charge in [0.1, 0.15) is 5.69 Å². The van der Waals surface area contributed by atoms with Crippen molar-refractivity contribution in [3.8, 4) is 0 Å². The van der Waals surface area contributed by atoms with Crippen LogP contribution in [0, 0.1) is 0 Å². The van der Waals surface area contributed by atoms with Crippen LogP contribution in [0.4, 0.5) is 0 Å². The number of amides is 1. The monoisotopic (exact) mass is 393 g/mol. The predicted molar refractivity (Wildman–Crippen MR) is 114 cm³/mol. The fraction of sp³-hybridized carbons (Fsp3) is 0.522. The van der Waals surface area contributed by atoms with Crippen LogP contribution in [-0.2, 0) is 6.54 Å². The number of benzene rings is 1. The van der Waals surface area contributed by atoms with Crippen LogP contribution in [0.25, 0.3) is 6.08 Å². The SMILES string of the molecule is C/C=C/c1cn(C2CCC(NC(=O)c3ccc(CN4CCCC4)cc3)CC2)nn1. The van der Waals surface area contributed by atoms with Gasteiger partial charge in [0.05, 0.1) is 12.2 Å². The molecule has 2 heterocycles. The van der Waals surface area contributed by atoms with Crippen LogP contribution in [0.3, 0.4) is 0 Å². The molecule has 1 aliphatic heterocycles. The summed E-state index contributed by atoms with van der Waals surface area (Å²) < 4.78 is 1.98. The van der Waals surface area contributed by atoms with Crippen LogP contribution in [0.2, 0.25) is 0 Å². The summed E-state index contributed by atoms with van der Waals surface area (Å²) >= 11 is 0. The van der Waals surface area contributed by atoms with Gasteiger partial charge in [0.25, 0.3) is 5.91 Å². The maximum atomic E-state index is 12.6. The van der Waals surface area contributed by atoms with E-state index in [1.54, 1.807) is 0 Å². The molecule has 1 saturated heterocycles. The van der Waals surface area contributed by atoms with E-state index in [1.807, 2.05) is 42.1 Å². The van der Waals surface area contributed by atoms with Crippen molar-refractivity contribution in [3.05, 3.63) is 53.4 Å². The zero-order valence-corrected chi connectivity index (χ0v) is 17.3. The molecule has 1 amide bonds. The normalized spacial score (nSPS) is 22.9. The number of hydrogen-bond donors (Lipinski definition) is 1. The Morgan fingerprint density at radius 1 is 1.14 bits per heavy atom. The van der Waals surface area contributed by atoms with Crippen molar-refractivity contribution in [3.63, 3.8) is 0 Å². The lowest BCUT2D eigenvalue weighted by Crippen LogP contribution is -2.38. The molecule has 154 valence electrons. The topological polar surface area (TPSA) is 63.1 Å². The van der Waals surface area contributed by atoms with Gasteiger partial charge in [0.15, 0.2) is 0 Å². The van der Waals surface area contributed by atoms with Crippen molar-refractivity contribution in [2.45, 2.75) is 64.1 Å². The van der Waals surface area contributed by atoms with E-state index in [1.165, 1.54) is 31.5 Å². The minimum atomic E-state index is 0.0392. The van der Waals surface area contributed by atoms with E-state index < -0.39 is 0 Å². The molecule has 6 heteroatoms. The van der Waals surface area contributed by atoms with Crippen molar-refractivity contribution in [1.29, 1.82) is 0 Å². The fourth-order valence-corrected chi connectivity index (χ4v) is 4.43. The van der Waals surface area contributed by atoms with Crippen LogP contribution in [0.15, 0.2) is 36.5 Å². The highest BCUT2D eigenvalue weighted by Crippen LogP contribution is 2.28. The van der Waals surface area contributed by atoms with Gasteiger partial charge in [0, 0.05) is 18.2 Å². The number of likely N-dealkylation sites (tertiary alicyclic amines) is 1. The van der Waals surface area contributed by atoms with E-state index in [0.29, 0.717) is 6.04 Å². The molecule has 1 aliphatic carbocycles. The number of allylic oxidation sites excluding steroid dienone is 1. The van der Waals surface area contributed by atoms with Gasteiger partial charge in [-0.15, -0.1) is 5.10 Å². The summed E-state index contributed by atoms with van der Waals surface area (Å²) in [5, 5.41) is 11.7. The lowest BCUT2D eigenvalue weighted by atomic mass is 9.91. The van der Waals surface area contributed by atoms with Gasteiger partial charge in [-0.05, 0) is 82.3 Å². The van der Waals surface area contributed by atoms with Gasteiger partial charge in [-0.3, -0.25) is 9.69 Å². The Morgan fingerprint density at radius 2 is 1.86 bits per heavy atom. The lowest BCUT2D eigenvalue weighted by molar-refractivity contribution is 0.0921. The molecular weight excluding hydrogens is 362 g/mol. The molecule has 0 atom stereocenters. The zero-order valence-electron chi connectivity index (χ0n) is 17.3. The number of hydrogen-bond acceptors (Lipinski definition) is 4. The van der Waals surface area contributed by atoms with E-state index >= 15 is 0 Å². The highest BCUT2D eigenvalue weighted by Gasteiger charge is 2.24. The first-order chi connectivity index (χ1) is 14.2. The molecule has 1 aromatic carbocycles. The van der Waals surface area contributed by atoms with Crippen molar-refractivity contribution >= 4 is 12.0 Å². The smallest absolute Gasteiger partial charge is 0.251 e. The second kappa shape index (κ2) is 9.35. The molecule has 2 aromatic rings. The molecule has 0 spiro atoms. The Bertz CT molecular complexity index is 827. The Labute approximate surface area is 173 Å². The molecular formula is C23H31N5O. The van der Waals surface area contributed by atoms with Gasteiger partial charge in [0.2, 0.25) is 0 Å². The number of rotatable bonds is 6. The standard InChI is InChI=1S/C23H31N5O/c1-2-5-21-17-28(26-25-21)22-12-10-20(11-13-22)24-23(29)19-8-6-18(7-9-19)16-27-14-3-4-15-27/h2,5-9,17,20,22H,3-4,10-16H2,1H3,(H,24,29)/b5-2+. The molecule has 29 heavy (non-hydrogen) atoms. The minimum Gasteiger partial charge on any atom is -0.349 e. The van der Waals surface area contributed by atoms with Crippen LogP contribution < -0.4 is 5.32 Å². The van der Waals surface area contributed by atoms with Crippen molar-refractivity contribution < 1.29 is 4.79 Å². The summed E-state index contributed by atoms with van der Waals surface area (Å²) in [5.41, 5.74) is 2.94. The summed E-state index contributed by atoms with van der Waals surface area (Å²) in [5.74, 6) is 0.0392. The molecule has 0 radical (unpaired) electrons. The zero-order chi connectivity index (χ0) is 20.1. The van der Waals surface area contributed by atoms with E-state index in [0.717, 1.165) is 43.5 Å². The third kappa shape index (κ3) is 5.12. The number of nitrogens with zero attached hydrogens (tertiary/aromatic N) is 4. The summed E-state index contributed by atoms with van der Waals surface area (Å²) in [7, 11) is 0. The third-order valence-corrected chi connectivity index (χ3v) is 6.09. The summed E-state index contributed by atoms with van der Waals surface area (Å²) in [6, 6.07) is 8.73. The summed E-state index contributed by atoms with van der Waals surface area (Å²) in [6.45, 7) is 5.35. The quantitative estimate of drug-likeness (QED) is 0.810. The molecule has 1 aromatic heterocycles. The van der Waals surface area contributed by atoms with Gasteiger partial charge in [-0.25, -0.2) is 4.68 Å². The number of aromatic nitrogens is 3. The lowest BCUT2D eigenvalue weighted by Gasteiger charge is -2.29. The maximum absolute atomic E-state index is 12.6. The van der Waals surface area contributed by atoms with Gasteiger partial charge in [-0.2, -0.15) is 0 Å². The van der Waals surface area contributed by atoms with Crippen LogP contribution in [-0.4, -0.2) is 44.9 Å². The Balaban J connectivity index is 1.25. The molecule has 2 fully saturated rings. The molecule has 4 rings (SSSR count). The van der Waals surface area contributed by atoms with E-state index in [4.69, 9.17) is 0 Å². The summed E-state index contributed by atoms with van der Waals surface area (Å²) in [4.78, 5) is 15.1. The van der Waals surface area contributed by atoms with Gasteiger partial charge in [-0.1, -0.05) is 23.4 Å². The Kier molecular flexibility index (Phi) is 6.39. The first-order valence-electron chi connectivity index (χ1n) is 10.9. The fourth-order valence-electron chi connectivity index (χ4n) is 4.43. The second-order valence-electron chi connectivity index (χ2n) is 8.28. The van der Waals surface area contributed by atoms with Crippen molar-refractivity contribution in [2.24, 2.45) is 0 Å². The molecule has 1 saturated carbocycles. The van der Waals surface area contributed by atoms with Crippen molar-refractivity contribution in [2.75, 3.05) is 13.1 Å². The number of nitrogens with one attached hydrogen (secondary N) is 1. The third-order valence-electron chi connectivity index (χ3n) is 6.09. The Morgan fingerprint density at radius 3 is 2.55 bits per heavy atom. The van der Waals surface area contributed by atoms with Crippen LogP contribution in [0.1, 0.15) is 73.1 Å². The average molecular weight is 394 g/mol. The molecule has 0 bridgehead atoms. The van der Waals surface area contributed by atoms with E-state index in [9.17, 15) is 4.79 Å². The summed E-state index contributed by atoms with van der Waals surface area (Å²) in [6.07, 6.45) is 12.5. The first-order valence-corrected chi connectivity index (χ1v) is 10.9. The van der Waals surface area contributed by atoms with Crippen LogP contribution in [0.5, 0.6) is 0 Å². The second-order valence-corrected chi connectivity index (χ2v) is 8.28. The average Bonchev–Trinajstić information content (AvgIpc) is 3.42. The van der Waals surface area contributed by atoms with E-state index in [-0.39, 0.29) is 11.9 Å². The number of carbonyl (C=O) groups excluding carboxylic acids is 1. The highest BCUT2D eigenvalue weighted by atomic mass is 16.1. The van der Waals surface area contributed by atoms with Gasteiger partial charge < -0.3 is 5.32 Å². The molecule has 1 N–H and O–H groups in total. The Hall–Kier alpha value is -2.47. The highest BCUT2D eigenvalue weighted by molar-refractivity contribution is 5.94. The maximum Gasteiger partial charge on any atom is 0.251 e. The first kappa shape index (κ1) is 19.8. The molecule has 2 aliphatic rings. The minimum absolute atomic E-state index is 0.0392. The van der Waals surface area contributed by atoms with Crippen molar-refractivity contribution in [1.82, 2.24) is 25.2 Å².